The van der Waals surface area contributed by atoms with Crippen LogP contribution in [0, 0.1) is 5.92 Å². The number of carbonyl (C=O) groups excluding carboxylic acids is 1. The first-order valence-corrected chi connectivity index (χ1v) is 15.0. The van der Waals surface area contributed by atoms with Gasteiger partial charge in [-0.3, -0.25) is 4.79 Å². The second-order valence-corrected chi connectivity index (χ2v) is 12.4. The molecule has 2 atom stereocenters. The number of aliphatic carboxylic acids is 1. The van der Waals surface area contributed by atoms with Crippen molar-refractivity contribution in [2.75, 3.05) is 27.3 Å². The van der Waals surface area contributed by atoms with Gasteiger partial charge < -0.3 is 19.9 Å². The number of hydrogen-bond donors (Lipinski definition) is 2. The molecule has 1 fully saturated rings. The zero-order valence-electron chi connectivity index (χ0n) is 22.5. The number of piperidine rings is 1. The lowest BCUT2D eigenvalue weighted by molar-refractivity contribution is -0.142. The smallest absolute Gasteiger partial charge is 0.326 e. The Hall–Kier alpha value is -3.31. The molecule has 12 heteroatoms. The third kappa shape index (κ3) is 7.13. The minimum Gasteiger partial charge on any atom is -0.493 e. The first-order chi connectivity index (χ1) is 19.5. The maximum Gasteiger partial charge on any atom is 0.326 e. The van der Waals surface area contributed by atoms with Crippen LogP contribution in [-0.4, -0.2) is 63.1 Å². The van der Waals surface area contributed by atoms with Crippen LogP contribution in [0.5, 0.6) is 11.5 Å². The summed E-state index contributed by atoms with van der Waals surface area (Å²) in [5.41, 5.74) is 2.33. The lowest BCUT2D eigenvalue weighted by Gasteiger charge is -2.32. The van der Waals surface area contributed by atoms with Gasteiger partial charge in [0.2, 0.25) is 15.9 Å². The minimum absolute atomic E-state index is 0.0166. The van der Waals surface area contributed by atoms with Crippen LogP contribution in [-0.2, 0) is 26.0 Å². The van der Waals surface area contributed by atoms with E-state index in [2.05, 4.69) is 5.32 Å². The Morgan fingerprint density at radius 1 is 1.02 bits per heavy atom. The van der Waals surface area contributed by atoms with E-state index in [9.17, 15) is 23.1 Å². The molecule has 1 amide bonds. The Labute approximate surface area is 249 Å². The lowest BCUT2D eigenvalue weighted by Crippen LogP contribution is -2.50. The van der Waals surface area contributed by atoms with Gasteiger partial charge in [0.1, 0.15) is 6.04 Å². The Morgan fingerprint density at radius 3 is 2.37 bits per heavy atom. The molecule has 1 aliphatic heterocycles. The maximum absolute atomic E-state index is 13.4. The van der Waals surface area contributed by atoms with E-state index in [0.717, 1.165) is 11.1 Å². The van der Waals surface area contributed by atoms with Crippen LogP contribution < -0.4 is 14.8 Å². The van der Waals surface area contributed by atoms with Crippen LogP contribution in [0.25, 0.3) is 11.1 Å². The van der Waals surface area contributed by atoms with Crippen LogP contribution >= 0.6 is 23.2 Å². The molecule has 3 aromatic rings. The van der Waals surface area contributed by atoms with E-state index < -0.39 is 33.9 Å². The number of nitrogens with zero attached hydrogens (tertiary/aromatic N) is 1. The molecule has 1 saturated heterocycles. The molecular formula is C29H30Cl2N2O7S. The van der Waals surface area contributed by atoms with Crippen molar-refractivity contribution in [3.05, 3.63) is 76.3 Å². The summed E-state index contributed by atoms with van der Waals surface area (Å²) in [7, 11) is -1.06. The molecule has 3 aromatic carbocycles. The molecule has 1 aliphatic rings. The van der Waals surface area contributed by atoms with Gasteiger partial charge >= 0.3 is 5.97 Å². The summed E-state index contributed by atoms with van der Waals surface area (Å²) in [6, 6.07) is 15.5. The second-order valence-electron chi connectivity index (χ2n) is 9.64. The predicted octanol–water partition coefficient (Wildman–Crippen LogP) is 4.89. The molecule has 0 aliphatic carbocycles. The molecule has 1 heterocycles. The highest BCUT2D eigenvalue weighted by Gasteiger charge is 2.35. The molecule has 218 valence electrons. The van der Waals surface area contributed by atoms with Crippen molar-refractivity contribution in [1.82, 2.24) is 9.62 Å². The lowest BCUT2D eigenvalue weighted by atomic mass is 9.97. The molecule has 41 heavy (non-hydrogen) atoms. The van der Waals surface area contributed by atoms with Crippen molar-refractivity contribution in [2.24, 2.45) is 5.92 Å². The highest BCUT2D eigenvalue weighted by molar-refractivity contribution is 7.89. The number of hydrogen-bond acceptors (Lipinski definition) is 6. The number of carboxylic acid groups (broad SMARTS) is 1. The van der Waals surface area contributed by atoms with Crippen molar-refractivity contribution in [2.45, 2.75) is 30.2 Å². The van der Waals surface area contributed by atoms with Crippen molar-refractivity contribution >= 4 is 45.1 Å². The van der Waals surface area contributed by atoms with E-state index >= 15 is 0 Å². The number of sulfonamides is 1. The van der Waals surface area contributed by atoms with Crippen molar-refractivity contribution in [1.29, 1.82) is 0 Å². The minimum atomic E-state index is -3.93. The van der Waals surface area contributed by atoms with Gasteiger partial charge in [0.05, 0.1) is 25.0 Å². The number of carboxylic acids is 1. The van der Waals surface area contributed by atoms with Crippen LogP contribution in [0.3, 0.4) is 0 Å². The van der Waals surface area contributed by atoms with Gasteiger partial charge in [-0.25, -0.2) is 13.2 Å². The first-order valence-electron chi connectivity index (χ1n) is 12.8. The van der Waals surface area contributed by atoms with Crippen LogP contribution in [0.4, 0.5) is 0 Å². The van der Waals surface area contributed by atoms with Crippen LogP contribution in [0.15, 0.2) is 65.6 Å². The average molecular weight is 622 g/mol. The molecule has 0 radical (unpaired) electrons. The third-order valence-corrected chi connectivity index (χ3v) is 9.41. The standard InChI is InChI=1S/C29H30Cl2N2O7S/c1-39-26-12-10-22(16-27(26)40-2)41(37,38)33-13-3-4-20(17-33)28(34)32-25(29(35)36)14-18-5-7-19(8-6-18)23-11-9-21(30)15-24(23)31/h5-12,15-16,20,25H,3-4,13-14,17H2,1-2H3,(H,32,34)(H,35,36)/t20?,25-/m0/s1. The normalized spacial score (nSPS) is 16.5. The SMILES string of the molecule is COc1ccc(S(=O)(=O)N2CCCC(C(=O)N[C@@H](Cc3ccc(-c4ccc(Cl)cc4Cl)cc3)C(=O)O)C2)cc1OC. The van der Waals surface area contributed by atoms with E-state index in [1.165, 1.54) is 36.7 Å². The summed E-state index contributed by atoms with van der Waals surface area (Å²) < 4.78 is 38.4. The van der Waals surface area contributed by atoms with Crippen molar-refractivity contribution in [3.8, 4) is 22.6 Å². The van der Waals surface area contributed by atoms with E-state index in [0.29, 0.717) is 34.2 Å². The maximum atomic E-state index is 13.4. The highest BCUT2D eigenvalue weighted by Crippen LogP contribution is 2.33. The van der Waals surface area contributed by atoms with Gasteiger partial charge in [-0.2, -0.15) is 4.31 Å². The summed E-state index contributed by atoms with van der Waals surface area (Å²) in [6.45, 7) is 0.179. The number of amides is 1. The van der Waals surface area contributed by atoms with Gasteiger partial charge in [-0.1, -0.05) is 53.5 Å². The van der Waals surface area contributed by atoms with Crippen molar-refractivity contribution in [3.63, 3.8) is 0 Å². The molecular weight excluding hydrogens is 591 g/mol. The van der Waals surface area contributed by atoms with E-state index in [1.54, 1.807) is 30.3 Å². The van der Waals surface area contributed by atoms with E-state index in [1.807, 2.05) is 12.1 Å². The van der Waals surface area contributed by atoms with Gasteiger partial charge in [0.25, 0.3) is 0 Å². The number of methoxy groups -OCH3 is 2. The number of ether oxygens (including phenoxy) is 2. The van der Waals surface area contributed by atoms with Gasteiger partial charge in [0.15, 0.2) is 11.5 Å². The zero-order chi connectivity index (χ0) is 29.7. The fraction of sp³-hybridized carbons (Fsp3) is 0.310. The molecule has 0 aromatic heterocycles. The van der Waals surface area contributed by atoms with Gasteiger partial charge in [-0.05, 0) is 48.2 Å². The topological polar surface area (TPSA) is 122 Å². The number of nitrogens with one attached hydrogen (secondary N) is 1. The predicted molar refractivity (Wildman–Crippen MR) is 156 cm³/mol. The fourth-order valence-corrected chi connectivity index (χ4v) is 6.83. The van der Waals surface area contributed by atoms with E-state index in [4.69, 9.17) is 32.7 Å². The number of halogens is 2. The first kappa shape index (κ1) is 30.6. The average Bonchev–Trinajstić information content (AvgIpc) is 2.96. The Balaban J connectivity index is 1.43. The number of rotatable bonds is 10. The summed E-state index contributed by atoms with van der Waals surface area (Å²) >= 11 is 12.3. The molecule has 2 N–H and O–H groups in total. The molecule has 0 bridgehead atoms. The summed E-state index contributed by atoms with van der Waals surface area (Å²) in [5.74, 6) is -1.73. The van der Waals surface area contributed by atoms with Crippen LogP contribution in [0.2, 0.25) is 10.0 Å². The molecule has 0 spiro atoms. The molecule has 4 rings (SSSR count). The van der Waals surface area contributed by atoms with Gasteiger partial charge in [0, 0.05) is 41.2 Å². The molecule has 1 unspecified atom stereocenters. The molecule has 9 nitrogen and oxygen atoms in total. The largest absolute Gasteiger partial charge is 0.493 e. The Kier molecular flexibility index (Phi) is 9.80. The van der Waals surface area contributed by atoms with Gasteiger partial charge in [-0.15, -0.1) is 0 Å². The fourth-order valence-electron chi connectivity index (χ4n) is 4.77. The number of carbonyl (C=O) groups is 2. The molecule has 0 saturated carbocycles. The quantitative estimate of drug-likeness (QED) is 0.331. The Morgan fingerprint density at radius 2 is 1.73 bits per heavy atom. The van der Waals surface area contributed by atoms with E-state index in [-0.39, 0.29) is 30.2 Å². The van der Waals surface area contributed by atoms with Crippen LogP contribution in [0.1, 0.15) is 18.4 Å². The summed E-state index contributed by atoms with van der Waals surface area (Å²) in [4.78, 5) is 25.2. The third-order valence-electron chi connectivity index (χ3n) is 7.00. The summed E-state index contributed by atoms with van der Waals surface area (Å²) in [6.07, 6.45) is 0.944. The number of benzene rings is 3. The Bertz CT molecular complexity index is 1530. The monoisotopic (exact) mass is 620 g/mol. The van der Waals surface area contributed by atoms with Crippen molar-refractivity contribution < 1.29 is 32.6 Å². The highest BCUT2D eigenvalue weighted by atomic mass is 35.5. The second kappa shape index (κ2) is 13.1. The zero-order valence-corrected chi connectivity index (χ0v) is 24.8. The summed E-state index contributed by atoms with van der Waals surface area (Å²) in [5, 5.41) is 13.5.